The highest BCUT2D eigenvalue weighted by Gasteiger charge is 2.04. The van der Waals surface area contributed by atoms with Crippen LogP contribution in [-0.2, 0) is 0 Å². The second-order valence-corrected chi connectivity index (χ2v) is 6.52. The van der Waals surface area contributed by atoms with Gasteiger partial charge in [0.15, 0.2) is 0 Å². The third-order valence-corrected chi connectivity index (χ3v) is 4.68. The third kappa shape index (κ3) is 3.58. The van der Waals surface area contributed by atoms with E-state index < -0.39 is 0 Å². The molecule has 0 amide bonds. The van der Waals surface area contributed by atoms with Crippen LogP contribution in [0, 0.1) is 0 Å². The van der Waals surface area contributed by atoms with Gasteiger partial charge in [0.2, 0.25) is 0 Å². The van der Waals surface area contributed by atoms with Crippen molar-refractivity contribution < 1.29 is 10.2 Å². The molecule has 4 nitrogen and oxygen atoms in total. The number of rotatable bonds is 5. The molecule has 4 aromatic rings. The van der Waals surface area contributed by atoms with Crippen LogP contribution in [-0.4, -0.2) is 35.7 Å². The fourth-order valence-corrected chi connectivity index (χ4v) is 3.19. The minimum atomic E-state index is 0.242. The van der Waals surface area contributed by atoms with E-state index in [2.05, 4.69) is 9.98 Å². The molecule has 0 aliphatic rings. The van der Waals surface area contributed by atoms with Gasteiger partial charge in [-0.05, 0) is 22.9 Å². The van der Waals surface area contributed by atoms with Gasteiger partial charge < -0.3 is 10.2 Å². The normalized spacial score (nSPS) is 11.9. The highest BCUT2D eigenvalue weighted by Crippen LogP contribution is 2.28. The summed E-state index contributed by atoms with van der Waals surface area (Å²) in [5, 5.41) is 24.4. The molecule has 4 heteroatoms. The Morgan fingerprint density at radius 1 is 0.571 bits per heavy atom. The van der Waals surface area contributed by atoms with Gasteiger partial charge in [0.05, 0.1) is 13.1 Å². The first-order chi connectivity index (χ1) is 13.7. The molecule has 2 N–H and O–H groups in total. The summed E-state index contributed by atoms with van der Waals surface area (Å²) in [6, 6.07) is 23.1. The standard InChI is InChI=1S/C24H20N2O2/c27-23-19(11-9-17-5-1-3-7-21(17)23)15-25-13-14-26-16-20-12-10-18-6-2-4-8-22(18)24(20)28/h1-12,15-16,27-28H,13-14H2. The lowest BCUT2D eigenvalue weighted by molar-refractivity contribution is 0.480. The van der Waals surface area contributed by atoms with Crippen molar-refractivity contribution >= 4 is 34.0 Å². The summed E-state index contributed by atoms with van der Waals surface area (Å²) in [5.74, 6) is 0.484. The van der Waals surface area contributed by atoms with E-state index >= 15 is 0 Å². The van der Waals surface area contributed by atoms with E-state index in [9.17, 15) is 10.2 Å². The Labute approximate surface area is 163 Å². The zero-order valence-electron chi connectivity index (χ0n) is 15.3. The molecular formula is C24H20N2O2. The summed E-state index contributed by atoms with van der Waals surface area (Å²) in [7, 11) is 0. The summed E-state index contributed by atoms with van der Waals surface area (Å²) < 4.78 is 0. The second kappa shape index (κ2) is 7.92. The van der Waals surface area contributed by atoms with Gasteiger partial charge in [-0.25, -0.2) is 0 Å². The summed E-state index contributed by atoms with van der Waals surface area (Å²) in [6.07, 6.45) is 3.34. The fourth-order valence-electron chi connectivity index (χ4n) is 3.19. The van der Waals surface area contributed by atoms with Crippen molar-refractivity contribution in [2.75, 3.05) is 13.1 Å². The Morgan fingerprint density at radius 2 is 1.00 bits per heavy atom. The van der Waals surface area contributed by atoms with Crippen molar-refractivity contribution in [1.82, 2.24) is 0 Å². The minimum Gasteiger partial charge on any atom is -0.507 e. The van der Waals surface area contributed by atoms with Crippen molar-refractivity contribution in [1.29, 1.82) is 0 Å². The van der Waals surface area contributed by atoms with Crippen molar-refractivity contribution in [2.45, 2.75) is 0 Å². The van der Waals surface area contributed by atoms with Crippen LogP contribution in [0.15, 0.2) is 82.8 Å². The van der Waals surface area contributed by atoms with Crippen LogP contribution in [0.5, 0.6) is 11.5 Å². The lowest BCUT2D eigenvalue weighted by atomic mass is 10.1. The predicted molar refractivity (Wildman–Crippen MR) is 116 cm³/mol. The largest absolute Gasteiger partial charge is 0.507 e. The number of benzene rings is 4. The summed E-state index contributed by atoms with van der Waals surface area (Å²) in [4.78, 5) is 8.70. The third-order valence-electron chi connectivity index (χ3n) is 4.68. The van der Waals surface area contributed by atoms with E-state index in [1.165, 1.54) is 0 Å². The highest BCUT2D eigenvalue weighted by atomic mass is 16.3. The molecule has 0 unspecified atom stereocenters. The molecule has 0 atom stereocenters. The predicted octanol–water partition coefficient (Wildman–Crippen LogP) is 4.94. The number of nitrogens with zero attached hydrogens (tertiary/aromatic N) is 2. The molecule has 0 saturated heterocycles. The maximum absolute atomic E-state index is 10.4. The van der Waals surface area contributed by atoms with E-state index in [1.54, 1.807) is 12.4 Å². The van der Waals surface area contributed by atoms with Gasteiger partial charge in [-0.3, -0.25) is 9.98 Å². The maximum atomic E-state index is 10.4. The van der Waals surface area contributed by atoms with Gasteiger partial charge in [0, 0.05) is 34.3 Å². The Bertz CT molecular complexity index is 1100. The molecule has 0 aromatic heterocycles. The van der Waals surface area contributed by atoms with E-state index in [-0.39, 0.29) is 11.5 Å². The molecule has 0 saturated carbocycles. The first-order valence-corrected chi connectivity index (χ1v) is 9.15. The molecule has 0 heterocycles. The molecule has 28 heavy (non-hydrogen) atoms. The van der Waals surface area contributed by atoms with Crippen LogP contribution in [0.4, 0.5) is 0 Å². The van der Waals surface area contributed by atoms with Crippen LogP contribution >= 0.6 is 0 Å². The van der Waals surface area contributed by atoms with Crippen LogP contribution in [0.1, 0.15) is 11.1 Å². The lowest BCUT2D eigenvalue weighted by Gasteiger charge is -2.04. The number of aliphatic imine (C=N–C) groups is 2. The van der Waals surface area contributed by atoms with E-state index in [0.29, 0.717) is 24.2 Å². The zero-order chi connectivity index (χ0) is 19.3. The number of hydrogen-bond donors (Lipinski definition) is 2. The van der Waals surface area contributed by atoms with Gasteiger partial charge in [0.25, 0.3) is 0 Å². The van der Waals surface area contributed by atoms with Crippen molar-refractivity contribution in [2.24, 2.45) is 9.98 Å². The van der Waals surface area contributed by atoms with Crippen molar-refractivity contribution in [3.63, 3.8) is 0 Å². The maximum Gasteiger partial charge on any atom is 0.132 e. The minimum absolute atomic E-state index is 0.242. The van der Waals surface area contributed by atoms with Crippen LogP contribution in [0.2, 0.25) is 0 Å². The molecule has 4 rings (SSSR count). The van der Waals surface area contributed by atoms with Crippen molar-refractivity contribution in [3.05, 3.63) is 83.9 Å². The first kappa shape index (κ1) is 17.7. The van der Waals surface area contributed by atoms with Crippen LogP contribution < -0.4 is 0 Å². The van der Waals surface area contributed by atoms with Gasteiger partial charge in [-0.2, -0.15) is 0 Å². The van der Waals surface area contributed by atoms with Crippen molar-refractivity contribution in [3.8, 4) is 11.5 Å². The molecule has 0 fully saturated rings. The molecule has 4 aromatic carbocycles. The number of phenolic OH excluding ortho intramolecular Hbond substituents is 2. The summed E-state index contributed by atoms with van der Waals surface area (Å²) >= 11 is 0. The molecule has 138 valence electrons. The Hall–Kier alpha value is -3.66. The topological polar surface area (TPSA) is 65.2 Å². The molecule has 0 spiro atoms. The molecule has 0 radical (unpaired) electrons. The van der Waals surface area contributed by atoms with Gasteiger partial charge in [-0.1, -0.05) is 60.7 Å². The number of phenols is 2. The number of fused-ring (bicyclic) bond motifs is 2. The van der Waals surface area contributed by atoms with Gasteiger partial charge in [0.1, 0.15) is 11.5 Å². The Balaban J connectivity index is 1.41. The molecule has 0 aliphatic carbocycles. The quantitative estimate of drug-likeness (QED) is 0.387. The smallest absolute Gasteiger partial charge is 0.132 e. The molecule has 0 bridgehead atoms. The van der Waals surface area contributed by atoms with E-state index in [1.807, 2.05) is 72.8 Å². The average molecular weight is 368 g/mol. The SMILES string of the molecule is Oc1c(C=NCCN=Cc2ccc3ccccc3c2O)ccc2ccccc12. The Morgan fingerprint density at radius 3 is 1.46 bits per heavy atom. The number of aromatic hydroxyl groups is 2. The fraction of sp³-hybridized carbons (Fsp3) is 0.0833. The zero-order valence-corrected chi connectivity index (χ0v) is 15.3. The molecule has 0 aliphatic heterocycles. The Kier molecular flexibility index (Phi) is 5.02. The average Bonchev–Trinajstić information content (AvgIpc) is 2.74. The summed E-state index contributed by atoms with van der Waals surface area (Å²) in [6.45, 7) is 0.994. The van der Waals surface area contributed by atoms with Gasteiger partial charge in [-0.15, -0.1) is 0 Å². The number of hydrogen-bond acceptors (Lipinski definition) is 4. The summed E-state index contributed by atoms with van der Waals surface area (Å²) in [5.41, 5.74) is 1.38. The van der Waals surface area contributed by atoms with Gasteiger partial charge >= 0.3 is 0 Å². The van der Waals surface area contributed by atoms with E-state index in [0.717, 1.165) is 21.5 Å². The second-order valence-electron chi connectivity index (χ2n) is 6.52. The van der Waals surface area contributed by atoms with Crippen LogP contribution in [0.3, 0.4) is 0 Å². The van der Waals surface area contributed by atoms with Crippen LogP contribution in [0.25, 0.3) is 21.5 Å². The first-order valence-electron chi connectivity index (χ1n) is 9.15. The molecular weight excluding hydrogens is 348 g/mol. The lowest BCUT2D eigenvalue weighted by Crippen LogP contribution is -1.92. The highest BCUT2D eigenvalue weighted by molar-refractivity contribution is 5.98. The monoisotopic (exact) mass is 368 g/mol. The van der Waals surface area contributed by atoms with E-state index in [4.69, 9.17) is 0 Å².